The summed E-state index contributed by atoms with van der Waals surface area (Å²) in [6.45, 7) is 4.19. The summed E-state index contributed by atoms with van der Waals surface area (Å²) in [6, 6.07) is 6.32. The number of aromatic nitrogens is 1. The summed E-state index contributed by atoms with van der Waals surface area (Å²) < 4.78 is 3.10. The Kier molecular flexibility index (Phi) is 5.76. The molecule has 4 rings (SSSR count). The molecule has 7 heteroatoms. The standard InChI is InChI=1S/C22H23ClN2O3S/c1-14-9-24(12-19(21(14)26)22(27)28)11-17-4-2-3-7-25(17)10-15-13-29-20-6-5-16(23)8-18(15)20/h5-6,8-9,12-13,17H,2-4,7,10-11H2,1H3,(H,27,28). The molecular weight excluding hydrogens is 408 g/mol. The maximum atomic E-state index is 12.1. The number of aryl methyl sites for hydroxylation is 1. The van der Waals surface area contributed by atoms with Crippen LogP contribution in [-0.4, -0.2) is 33.1 Å². The summed E-state index contributed by atoms with van der Waals surface area (Å²) >= 11 is 7.94. The number of likely N-dealkylation sites (tertiary alicyclic amines) is 1. The molecule has 1 fully saturated rings. The lowest BCUT2D eigenvalue weighted by molar-refractivity contribution is 0.0693. The zero-order chi connectivity index (χ0) is 20.5. The van der Waals surface area contributed by atoms with E-state index in [1.54, 1.807) is 24.5 Å². The average molecular weight is 431 g/mol. The monoisotopic (exact) mass is 430 g/mol. The Bertz CT molecular complexity index is 1120. The molecule has 0 amide bonds. The summed E-state index contributed by atoms with van der Waals surface area (Å²) in [5, 5.41) is 13.5. The van der Waals surface area contributed by atoms with Crippen LogP contribution in [0.2, 0.25) is 5.02 Å². The van der Waals surface area contributed by atoms with Crippen molar-refractivity contribution >= 4 is 39.0 Å². The molecule has 0 bridgehead atoms. The third-order valence-corrected chi connectivity index (χ3v) is 6.89. The lowest BCUT2D eigenvalue weighted by Crippen LogP contribution is -2.41. The van der Waals surface area contributed by atoms with E-state index in [1.165, 1.54) is 21.8 Å². The van der Waals surface area contributed by atoms with Gasteiger partial charge in [-0.25, -0.2) is 4.79 Å². The van der Waals surface area contributed by atoms with Crippen LogP contribution in [0.1, 0.15) is 40.7 Å². The van der Waals surface area contributed by atoms with Crippen molar-refractivity contribution in [1.82, 2.24) is 9.47 Å². The van der Waals surface area contributed by atoms with Crippen LogP contribution in [0.5, 0.6) is 0 Å². The van der Waals surface area contributed by atoms with Crippen LogP contribution >= 0.6 is 22.9 Å². The molecule has 1 aliphatic heterocycles. The van der Waals surface area contributed by atoms with Crippen LogP contribution in [0.25, 0.3) is 10.1 Å². The minimum Gasteiger partial charge on any atom is -0.477 e. The summed E-state index contributed by atoms with van der Waals surface area (Å²) in [7, 11) is 0. The summed E-state index contributed by atoms with van der Waals surface area (Å²) in [5.41, 5.74) is 1.18. The number of nitrogens with zero attached hydrogens (tertiary/aromatic N) is 2. The molecule has 1 N–H and O–H groups in total. The molecule has 0 spiro atoms. The first-order valence-corrected chi connectivity index (χ1v) is 11.0. The van der Waals surface area contributed by atoms with Gasteiger partial charge in [0.15, 0.2) is 5.43 Å². The topological polar surface area (TPSA) is 62.5 Å². The molecule has 3 aromatic rings. The molecule has 1 aromatic carbocycles. The second-order valence-electron chi connectivity index (χ2n) is 7.71. The molecule has 0 radical (unpaired) electrons. The second-order valence-corrected chi connectivity index (χ2v) is 9.06. The zero-order valence-corrected chi connectivity index (χ0v) is 17.8. The zero-order valence-electron chi connectivity index (χ0n) is 16.2. The quantitative estimate of drug-likeness (QED) is 0.632. The third kappa shape index (κ3) is 4.25. The van der Waals surface area contributed by atoms with Crippen LogP contribution in [-0.2, 0) is 13.1 Å². The Morgan fingerprint density at radius 2 is 2.14 bits per heavy atom. The Morgan fingerprint density at radius 3 is 2.93 bits per heavy atom. The van der Waals surface area contributed by atoms with Crippen molar-refractivity contribution in [2.75, 3.05) is 6.54 Å². The number of carboxylic acid groups (broad SMARTS) is 1. The first-order chi connectivity index (χ1) is 13.9. The van der Waals surface area contributed by atoms with E-state index in [0.29, 0.717) is 18.2 Å². The molecule has 152 valence electrons. The first-order valence-electron chi connectivity index (χ1n) is 9.76. The number of pyridine rings is 1. The van der Waals surface area contributed by atoms with Crippen LogP contribution < -0.4 is 5.43 Å². The Morgan fingerprint density at radius 1 is 1.31 bits per heavy atom. The highest BCUT2D eigenvalue weighted by atomic mass is 35.5. The van der Waals surface area contributed by atoms with Gasteiger partial charge in [0, 0.05) is 46.8 Å². The number of carbonyl (C=O) groups is 1. The summed E-state index contributed by atoms with van der Waals surface area (Å²) in [4.78, 5) is 26.0. The summed E-state index contributed by atoms with van der Waals surface area (Å²) in [5.74, 6) is -1.17. The maximum Gasteiger partial charge on any atom is 0.341 e. The lowest BCUT2D eigenvalue weighted by atomic mass is 10.0. The van der Waals surface area contributed by atoms with Gasteiger partial charge >= 0.3 is 5.97 Å². The Hall–Kier alpha value is -2.15. The number of thiophene rings is 1. The molecule has 1 atom stereocenters. The van der Waals surface area contributed by atoms with Gasteiger partial charge in [0.05, 0.1) is 0 Å². The van der Waals surface area contributed by atoms with E-state index < -0.39 is 11.4 Å². The number of halogens is 1. The number of hydrogen-bond donors (Lipinski definition) is 1. The van der Waals surface area contributed by atoms with E-state index in [2.05, 4.69) is 16.3 Å². The van der Waals surface area contributed by atoms with Crippen molar-refractivity contribution in [3.05, 3.63) is 67.9 Å². The van der Waals surface area contributed by atoms with Gasteiger partial charge in [0.25, 0.3) is 0 Å². The first kappa shape index (κ1) is 20.1. The molecule has 3 heterocycles. The molecule has 0 saturated carbocycles. The van der Waals surface area contributed by atoms with E-state index in [-0.39, 0.29) is 5.56 Å². The highest BCUT2D eigenvalue weighted by molar-refractivity contribution is 7.17. The number of aromatic carboxylic acids is 1. The van der Waals surface area contributed by atoms with Crippen LogP contribution in [0.15, 0.2) is 40.8 Å². The largest absolute Gasteiger partial charge is 0.477 e. The highest BCUT2D eigenvalue weighted by Crippen LogP contribution is 2.31. The van der Waals surface area contributed by atoms with E-state index in [0.717, 1.165) is 37.4 Å². The fraction of sp³-hybridized carbons (Fsp3) is 0.364. The van der Waals surface area contributed by atoms with E-state index in [1.807, 2.05) is 16.7 Å². The number of rotatable bonds is 5. The Labute approximate surface area is 178 Å². The normalized spacial score (nSPS) is 17.7. The maximum absolute atomic E-state index is 12.1. The predicted octanol–water partition coefficient (Wildman–Crippen LogP) is 4.78. The molecule has 29 heavy (non-hydrogen) atoms. The lowest BCUT2D eigenvalue weighted by Gasteiger charge is -2.36. The van der Waals surface area contributed by atoms with Gasteiger partial charge in [-0.3, -0.25) is 9.69 Å². The van der Waals surface area contributed by atoms with Gasteiger partial charge in [-0.05, 0) is 60.8 Å². The minimum absolute atomic E-state index is 0.161. The molecule has 1 aliphatic rings. The van der Waals surface area contributed by atoms with Gasteiger partial charge in [-0.2, -0.15) is 0 Å². The van der Waals surface area contributed by atoms with Gasteiger partial charge in [-0.1, -0.05) is 18.0 Å². The molecule has 2 aromatic heterocycles. The van der Waals surface area contributed by atoms with Crippen LogP contribution in [0, 0.1) is 6.92 Å². The van der Waals surface area contributed by atoms with E-state index in [9.17, 15) is 14.7 Å². The van der Waals surface area contributed by atoms with Gasteiger partial charge in [0.2, 0.25) is 0 Å². The molecule has 5 nitrogen and oxygen atoms in total. The molecule has 1 saturated heterocycles. The average Bonchev–Trinajstić information content (AvgIpc) is 3.07. The molecule has 1 unspecified atom stereocenters. The highest BCUT2D eigenvalue weighted by Gasteiger charge is 2.24. The second kappa shape index (κ2) is 8.30. The number of benzene rings is 1. The van der Waals surface area contributed by atoms with Crippen molar-refractivity contribution < 1.29 is 9.90 Å². The van der Waals surface area contributed by atoms with Crippen LogP contribution in [0.3, 0.4) is 0 Å². The fourth-order valence-electron chi connectivity index (χ4n) is 4.15. The minimum atomic E-state index is -1.17. The number of hydrogen-bond acceptors (Lipinski definition) is 4. The van der Waals surface area contributed by atoms with Crippen molar-refractivity contribution in [3.63, 3.8) is 0 Å². The van der Waals surface area contributed by atoms with Crippen LogP contribution in [0.4, 0.5) is 0 Å². The number of carboxylic acids is 1. The van der Waals surface area contributed by atoms with Crippen molar-refractivity contribution in [2.24, 2.45) is 0 Å². The van der Waals surface area contributed by atoms with Crippen molar-refractivity contribution in [3.8, 4) is 0 Å². The summed E-state index contributed by atoms with van der Waals surface area (Å²) in [6.07, 6.45) is 6.60. The smallest absolute Gasteiger partial charge is 0.341 e. The van der Waals surface area contributed by atoms with E-state index >= 15 is 0 Å². The number of fused-ring (bicyclic) bond motifs is 1. The number of piperidine rings is 1. The van der Waals surface area contributed by atoms with Gasteiger partial charge in [-0.15, -0.1) is 11.3 Å². The fourth-order valence-corrected chi connectivity index (χ4v) is 5.26. The van der Waals surface area contributed by atoms with Gasteiger partial charge < -0.3 is 9.67 Å². The van der Waals surface area contributed by atoms with Crippen molar-refractivity contribution in [1.29, 1.82) is 0 Å². The molecular formula is C22H23ClN2O3S. The predicted molar refractivity (Wildman–Crippen MR) is 117 cm³/mol. The SMILES string of the molecule is Cc1cn(CC2CCCCN2Cc2csc3ccc(Cl)cc23)cc(C(=O)O)c1=O. The third-order valence-electron chi connectivity index (χ3n) is 5.65. The Balaban J connectivity index is 1.59. The van der Waals surface area contributed by atoms with E-state index in [4.69, 9.17) is 11.6 Å². The van der Waals surface area contributed by atoms with Gasteiger partial charge in [0.1, 0.15) is 5.56 Å². The molecule has 0 aliphatic carbocycles. The van der Waals surface area contributed by atoms with Crippen molar-refractivity contribution in [2.45, 2.75) is 45.3 Å².